The Balaban J connectivity index is 1.51. The lowest BCUT2D eigenvalue weighted by Gasteiger charge is -2.32. The lowest BCUT2D eigenvalue weighted by molar-refractivity contribution is -0.151. The number of piperazine rings is 1. The minimum atomic E-state index is -0.360. The van der Waals surface area contributed by atoms with Crippen LogP contribution in [0.1, 0.15) is 25.5 Å². The number of nitrogens with zero attached hydrogens (tertiary/aromatic N) is 5. The number of hydrogen-bond donors (Lipinski definition) is 1. The standard InChI is InChI=1S/C28H27FN6O3/c1-3-37-34-15-16-35(23(17-34)18-36)28-33-25(21-9-11-22(29)12-10-21)26(38-28)24-13-14-30-27(32-24)31-19(2)20-7-5-4-6-8-20/h4-14,19H,3,15-17H2,1-2H3,(H,30,31,32)/t19-/m0/s1. The molecule has 0 bridgehead atoms. The van der Waals surface area contributed by atoms with Gasteiger partial charge in [-0.15, -0.1) is 0 Å². The van der Waals surface area contributed by atoms with Gasteiger partial charge in [0.2, 0.25) is 5.95 Å². The monoisotopic (exact) mass is 514 g/mol. The number of hydroxylamine groups is 2. The second-order valence-corrected chi connectivity index (χ2v) is 8.70. The van der Waals surface area contributed by atoms with Gasteiger partial charge in [-0.2, -0.15) is 10.0 Å². The Morgan fingerprint density at radius 2 is 1.89 bits per heavy atom. The molecule has 0 aliphatic carbocycles. The molecule has 0 spiro atoms. The predicted octanol–water partition coefficient (Wildman–Crippen LogP) is 4.90. The quantitative estimate of drug-likeness (QED) is 0.329. The highest BCUT2D eigenvalue weighted by atomic mass is 19.1. The van der Waals surface area contributed by atoms with Crippen molar-refractivity contribution in [2.45, 2.75) is 19.9 Å². The normalized spacial score (nSPS) is 14.8. The van der Waals surface area contributed by atoms with Gasteiger partial charge in [-0.3, -0.25) is 9.74 Å². The van der Waals surface area contributed by atoms with E-state index in [1.807, 2.05) is 50.1 Å². The molecule has 1 aliphatic rings. The molecule has 5 rings (SSSR count). The molecule has 1 aliphatic heterocycles. The van der Waals surface area contributed by atoms with Crippen molar-refractivity contribution in [3.63, 3.8) is 0 Å². The third-order valence-corrected chi connectivity index (χ3v) is 6.15. The lowest BCUT2D eigenvalue weighted by Crippen LogP contribution is -2.45. The first-order valence-corrected chi connectivity index (χ1v) is 12.4. The van der Waals surface area contributed by atoms with E-state index in [1.54, 1.807) is 34.4 Å². The van der Waals surface area contributed by atoms with Gasteiger partial charge < -0.3 is 9.73 Å². The SMILES string of the molecule is CCON1CCN(c2nc(-c3ccc(F)cc3)c(-c3ccnc(N[C@@H](C)c4ccccc4)n3)o2)C(=C=O)C1. The van der Waals surface area contributed by atoms with Crippen molar-refractivity contribution >= 4 is 17.9 Å². The third kappa shape index (κ3) is 5.47. The minimum Gasteiger partial charge on any atom is -0.421 e. The topological polar surface area (TPSA) is 96.6 Å². The van der Waals surface area contributed by atoms with Crippen LogP contribution in [-0.2, 0) is 9.63 Å². The Morgan fingerprint density at radius 3 is 2.63 bits per heavy atom. The van der Waals surface area contributed by atoms with E-state index < -0.39 is 0 Å². The molecule has 194 valence electrons. The number of rotatable bonds is 8. The van der Waals surface area contributed by atoms with Crippen LogP contribution in [0.4, 0.5) is 16.4 Å². The van der Waals surface area contributed by atoms with Crippen LogP contribution < -0.4 is 10.2 Å². The van der Waals surface area contributed by atoms with Crippen LogP contribution in [0.5, 0.6) is 0 Å². The maximum Gasteiger partial charge on any atom is 0.303 e. The zero-order valence-electron chi connectivity index (χ0n) is 21.1. The van der Waals surface area contributed by atoms with Crippen LogP contribution in [0.15, 0.2) is 77.0 Å². The van der Waals surface area contributed by atoms with Crippen molar-refractivity contribution in [1.29, 1.82) is 0 Å². The van der Waals surface area contributed by atoms with Gasteiger partial charge in [0.05, 0.1) is 19.2 Å². The Morgan fingerprint density at radius 1 is 1.11 bits per heavy atom. The number of aromatic nitrogens is 3. The summed E-state index contributed by atoms with van der Waals surface area (Å²) in [6, 6.07) is 17.9. The molecule has 4 aromatic rings. The fourth-order valence-corrected chi connectivity index (χ4v) is 4.24. The molecule has 0 unspecified atom stereocenters. The van der Waals surface area contributed by atoms with Crippen LogP contribution in [0, 0.1) is 5.82 Å². The highest BCUT2D eigenvalue weighted by Gasteiger charge is 2.29. The number of carbonyl (C=O) groups excluding carboxylic acids is 1. The Kier molecular flexibility index (Phi) is 7.55. The maximum atomic E-state index is 13.7. The van der Waals surface area contributed by atoms with Crippen molar-refractivity contribution in [1.82, 2.24) is 20.0 Å². The summed E-state index contributed by atoms with van der Waals surface area (Å²) in [5, 5.41) is 5.03. The Hall–Kier alpha value is -4.37. The van der Waals surface area contributed by atoms with Crippen LogP contribution in [0.2, 0.25) is 0 Å². The van der Waals surface area contributed by atoms with Crippen molar-refractivity contribution in [3.8, 4) is 22.7 Å². The number of hydrogen-bond acceptors (Lipinski definition) is 9. The van der Waals surface area contributed by atoms with Gasteiger partial charge >= 0.3 is 6.01 Å². The molecule has 1 fully saturated rings. The van der Waals surface area contributed by atoms with Gasteiger partial charge in [-0.25, -0.2) is 19.2 Å². The summed E-state index contributed by atoms with van der Waals surface area (Å²) in [4.78, 5) is 32.8. The average molecular weight is 515 g/mol. The molecule has 1 atom stereocenters. The largest absolute Gasteiger partial charge is 0.421 e. The molecule has 10 heteroatoms. The van der Waals surface area contributed by atoms with Crippen molar-refractivity contribution < 1.29 is 18.4 Å². The summed E-state index contributed by atoms with van der Waals surface area (Å²) >= 11 is 0. The van der Waals surface area contributed by atoms with E-state index in [9.17, 15) is 9.18 Å². The van der Waals surface area contributed by atoms with E-state index >= 15 is 0 Å². The van der Waals surface area contributed by atoms with Crippen LogP contribution in [-0.4, -0.2) is 52.2 Å². The van der Waals surface area contributed by atoms with Crippen molar-refractivity contribution in [2.75, 3.05) is 36.5 Å². The predicted molar refractivity (Wildman–Crippen MR) is 141 cm³/mol. The maximum absolute atomic E-state index is 13.7. The van der Waals surface area contributed by atoms with Crippen LogP contribution in [0.25, 0.3) is 22.7 Å². The molecule has 1 N–H and O–H groups in total. The molecule has 9 nitrogen and oxygen atoms in total. The Bertz CT molecular complexity index is 1440. The minimum absolute atomic E-state index is 0.0322. The van der Waals surface area contributed by atoms with Gasteiger partial charge in [-0.05, 0) is 49.7 Å². The molecule has 1 saturated heterocycles. The Labute approximate surface area is 219 Å². The van der Waals surface area contributed by atoms with E-state index in [0.29, 0.717) is 54.1 Å². The highest BCUT2D eigenvalue weighted by Crippen LogP contribution is 2.36. The highest BCUT2D eigenvalue weighted by molar-refractivity contribution is 5.77. The zero-order valence-corrected chi connectivity index (χ0v) is 21.1. The van der Waals surface area contributed by atoms with E-state index in [4.69, 9.17) is 14.2 Å². The van der Waals surface area contributed by atoms with Gasteiger partial charge in [0.1, 0.15) is 28.8 Å². The second kappa shape index (κ2) is 11.4. The van der Waals surface area contributed by atoms with E-state index in [2.05, 4.69) is 15.3 Å². The number of nitrogens with one attached hydrogen (secondary N) is 1. The second-order valence-electron chi connectivity index (χ2n) is 8.70. The van der Waals surface area contributed by atoms with Crippen molar-refractivity contribution in [2.24, 2.45) is 0 Å². The zero-order chi connectivity index (χ0) is 26.5. The summed E-state index contributed by atoms with van der Waals surface area (Å²) < 4.78 is 19.9. The molecule has 0 amide bonds. The molecule has 2 aromatic heterocycles. The molecule has 38 heavy (non-hydrogen) atoms. The molecule has 0 saturated carbocycles. The number of benzene rings is 2. The van der Waals surface area contributed by atoms with Gasteiger partial charge in [0, 0.05) is 24.8 Å². The smallest absolute Gasteiger partial charge is 0.303 e. The fourth-order valence-electron chi connectivity index (χ4n) is 4.24. The van der Waals surface area contributed by atoms with Gasteiger partial charge in [0.15, 0.2) is 5.76 Å². The average Bonchev–Trinajstić information content (AvgIpc) is 3.39. The molecule has 0 radical (unpaired) electrons. The van der Waals surface area contributed by atoms with E-state index in [1.165, 1.54) is 12.1 Å². The van der Waals surface area contributed by atoms with Crippen molar-refractivity contribution in [3.05, 3.63) is 83.9 Å². The first-order valence-electron chi connectivity index (χ1n) is 12.4. The molecular weight excluding hydrogens is 487 g/mol. The molecule has 3 heterocycles. The van der Waals surface area contributed by atoms with Crippen LogP contribution in [0.3, 0.4) is 0 Å². The summed E-state index contributed by atoms with van der Waals surface area (Å²) in [7, 11) is 0. The molecular formula is C28H27FN6O3. The fraction of sp³-hybridized carbons (Fsp3) is 0.250. The first-order chi connectivity index (χ1) is 18.6. The van der Waals surface area contributed by atoms with Crippen LogP contribution >= 0.6 is 0 Å². The first kappa shape index (κ1) is 25.3. The summed E-state index contributed by atoms with van der Waals surface area (Å²) in [6.07, 6.45) is 1.64. The third-order valence-electron chi connectivity index (χ3n) is 6.15. The van der Waals surface area contributed by atoms with E-state index in [0.717, 1.165) is 5.56 Å². The summed E-state index contributed by atoms with van der Waals surface area (Å²) in [5.41, 5.74) is 3.04. The van der Waals surface area contributed by atoms with Gasteiger partial charge in [-0.1, -0.05) is 30.3 Å². The lowest BCUT2D eigenvalue weighted by atomic mass is 10.1. The number of oxazole rings is 1. The summed E-state index contributed by atoms with van der Waals surface area (Å²) in [5.74, 6) is 2.42. The number of anilines is 2. The molecule has 2 aromatic carbocycles. The van der Waals surface area contributed by atoms with E-state index in [-0.39, 0.29) is 24.4 Å². The van der Waals surface area contributed by atoms with Gasteiger partial charge in [0.25, 0.3) is 0 Å². The summed E-state index contributed by atoms with van der Waals surface area (Å²) in [6.45, 7) is 5.62. The number of halogens is 1.